The van der Waals surface area contributed by atoms with Gasteiger partial charge in [-0.2, -0.15) is 5.10 Å². The maximum atomic E-state index is 10.4. The minimum atomic E-state index is -1.20. The van der Waals surface area contributed by atoms with Crippen LogP contribution in [0, 0.1) is 20.0 Å². The van der Waals surface area contributed by atoms with Crippen molar-refractivity contribution in [1.29, 1.82) is 0 Å². The van der Waals surface area contributed by atoms with Crippen molar-refractivity contribution in [2.75, 3.05) is 19.6 Å². The standard InChI is InChI=1S/C8H14N4O2.3CO.Tc/c9-1-2-10-3-4-12-6-7(5-11-12)8(13)14;3*1-2;/h5-6,10H,1-4,9H2,(H,13,14);;;;/p-1/i;;;;1+1. The number of carboxylic acid groups (broad SMARTS) is 1. The number of carbonyl (C=O) groups is 1. The van der Waals surface area contributed by atoms with Crippen molar-refractivity contribution in [3.05, 3.63) is 37.9 Å². The van der Waals surface area contributed by atoms with E-state index >= 15 is 0 Å². The summed E-state index contributed by atoms with van der Waals surface area (Å²) in [6, 6.07) is 0. The molecule has 0 fully saturated rings. The first-order valence-electron chi connectivity index (χ1n) is 5.00. The van der Waals surface area contributed by atoms with E-state index < -0.39 is 5.97 Å². The van der Waals surface area contributed by atoms with Crippen LogP contribution in [0.25, 0.3) is 0 Å². The predicted octanol–water partition coefficient (Wildman–Crippen LogP) is -2.32. The molecule has 0 aliphatic heterocycles. The molecule has 0 unspecified atom stereocenters. The molecule has 0 aliphatic rings. The third-order valence-corrected chi connectivity index (χ3v) is 1.71. The van der Waals surface area contributed by atoms with E-state index in [1.165, 1.54) is 12.4 Å². The van der Waals surface area contributed by atoms with Gasteiger partial charge in [0.15, 0.2) is 0 Å². The van der Waals surface area contributed by atoms with Crippen molar-refractivity contribution in [2.45, 2.75) is 6.54 Å². The second-order valence-corrected chi connectivity index (χ2v) is 2.82. The molecule has 0 saturated carbocycles. The van der Waals surface area contributed by atoms with E-state index in [0.717, 1.165) is 6.54 Å². The number of aromatic carboxylic acids is 1. The van der Waals surface area contributed by atoms with E-state index in [1.54, 1.807) is 4.68 Å². The molecule has 1 radical (unpaired) electrons. The average Bonchev–Trinajstić information content (AvgIpc) is 2.99. The fourth-order valence-electron chi connectivity index (χ4n) is 1.01. The zero-order valence-electron chi connectivity index (χ0n) is 10.9. The van der Waals surface area contributed by atoms with Gasteiger partial charge in [0.25, 0.3) is 0 Å². The summed E-state index contributed by atoms with van der Waals surface area (Å²) in [6.45, 7) is 16.2. The first-order chi connectivity index (χ1) is 9.74. The molecule has 9 nitrogen and oxygen atoms in total. The van der Waals surface area contributed by atoms with Gasteiger partial charge in [-0.3, -0.25) is 4.68 Å². The second-order valence-electron chi connectivity index (χ2n) is 2.82. The average molecular weight is 380 g/mol. The third-order valence-electron chi connectivity index (χ3n) is 1.71. The number of rotatable bonds is 6. The first-order valence-corrected chi connectivity index (χ1v) is 5.00. The summed E-state index contributed by atoms with van der Waals surface area (Å²) in [7, 11) is 0. The molecule has 1 aromatic rings. The molecule has 0 atom stereocenters. The Hall–Kier alpha value is -1.53. The van der Waals surface area contributed by atoms with Crippen LogP contribution in [0.2, 0.25) is 0 Å². The van der Waals surface area contributed by atoms with Gasteiger partial charge in [-0.15, -0.1) is 0 Å². The van der Waals surface area contributed by atoms with Crippen molar-refractivity contribution in [3.8, 4) is 0 Å². The first kappa shape index (κ1) is 27.8. The quantitative estimate of drug-likeness (QED) is 0.322. The molecule has 0 aliphatic carbocycles. The summed E-state index contributed by atoms with van der Waals surface area (Å²) in [5, 5.41) is 17.3. The van der Waals surface area contributed by atoms with E-state index in [9.17, 15) is 9.90 Å². The molecule has 1 aromatic heterocycles. The van der Waals surface area contributed by atoms with Gasteiger partial charge >= 0.3 is 33.9 Å². The number of carbonyl (C=O) groups excluding carboxylic acids is 1. The van der Waals surface area contributed by atoms with Crippen LogP contribution >= 0.6 is 0 Å². The Morgan fingerprint density at radius 2 is 1.81 bits per heavy atom. The van der Waals surface area contributed by atoms with Crippen LogP contribution in [0.1, 0.15) is 10.4 Å². The van der Waals surface area contributed by atoms with Crippen LogP contribution in [-0.4, -0.2) is 35.4 Å². The molecular weight excluding hydrogens is 367 g/mol. The minimum absolute atomic E-state index is 0. The Morgan fingerprint density at radius 1 is 1.29 bits per heavy atom. The number of hydrogen-bond acceptors (Lipinski definition) is 5. The van der Waals surface area contributed by atoms with Crippen molar-refractivity contribution >= 4 is 5.97 Å². The summed E-state index contributed by atoms with van der Waals surface area (Å²) in [4.78, 5) is 10.4. The molecule has 1 heterocycles. The van der Waals surface area contributed by atoms with E-state index in [0.29, 0.717) is 19.6 Å². The van der Waals surface area contributed by atoms with Crippen LogP contribution < -0.4 is 16.2 Å². The number of nitrogens with one attached hydrogen (secondary N) is 1. The van der Waals surface area contributed by atoms with Crippen LogP contribution in [0.3, 0.4) is 0 Å². The molecule has 0 amide bonds. The van der Waals surface area contributed by atoms with Crippen molar-refractivity contribution in [3.63, 3.8) is 0 Å². The van der Waals surface area contributed by atoms with Gasteiger partial charge in [-0.1, -0.05) is 0 Å². The monoisotopic (exact) mass is 380 g/mol. The fraction of sp³-hybridized carbons (Fsp3) is 0.364. The molecular formula is C11H13N4O5Tc-. The molecule has 0 bridgehead atoms. The van der Waals surface area contributed by atoms with Gasteiger partial charge in [-0.05, 0) is 0 Å². The van der Waals surface area contributed by atoms with E-state index in [4.69, 9.17) is 19.7 Å². The molecule has 115 valence electrons. The number of aromatic nitrogens is 2. The SMILES string of the molecule is NCCNCCn1cc(C(=O)[O-])cn1.[99Tc].[C-]#[O+].[C-]#[O+].[C-]#[O+]. The Labute approximate surface area is 135 Å². The van der Waals surface area contributed by atoms with Gasteiger partial charge in [-0.25, -0.2) is 0 Å². The Kier molecular flexibility index (Phi) is 31.1. The Morgan fingerprint density at radius 3 is 2.19 bits per heavy atom. The molecule has 0 aromatic carbocycles. The molecule has 0 spiro atoms. The summed E-state index contributed by atoms with van der Waals surface area (Å²) in [6.07, 6.45) is 2.72. The van der Waals surface area contributed by atoms with Crippen molar-refractivity contribution in [1.82, 2.24) is 15.1 Å². The van der Waals surface area contributed by atoms with Crippen LogP contribution in [-0.2, 0) is 40.6 Å². The summed E-state index contributed by atoms with van der Waals surface area (Å²) < 4.78 is 24.1. The Bertz CT molecular complexity index is 402. The van der Waals surface area contributed by atoms with E-state index in [-0.39, 0.29) is 25.7 Å². The molecule has 10 heteroatoms. The number of carboxylic acids is 1. The van der Waals surface area contributed by atoms with Crippen LogP contribution in [0.15, 0.2) is 12.4 Å². The van der Waals surface area contributed by atoms with Crippen molar-refractivity contribution < 1.29 is 44.0 Å². The zero-order chi connectivity index (χ0) is 16.4. The number of nitrogens with zero attached hydrogens (tertiary/aromatic N) is 2. The van der Waals surface area contributed by atoms with Gasteiger partial charge in [0.2, 0.25) is 0 Å². The second kappa shape index (κ2) is 23.6. The van der Waals surface area contributed by atoms with Crippen LogP contribution in [0.5, 0.6) is 0 Å². The summed E-state index contributed by atoms with van der Waals surface area (Å²) >= 11 is 0. The van der Waals surface area contributed by atoms with Crippen LogP contribution in [0.4, 0.5) is 0 Å². The summed E-state index contributed by atoms with van der Waals surface area (Å²) in [5.74, 6) is -1.20. The zero-order valence-corrected chi connectivity index (χ0v) is 12.7. The molecule has 0 saturated heterocycles. The summed E-state index contributed by atoms with van der Waals surface area (Å²) in [5.41, 5.74) is 5.38. The predicted molar refractivity (Wildman–Crippen MR) is 60.3 cm³/mol. The molecule has 1 rings (SSSR count). The van der Waals surface area contributed by atoms with Gasteiger partial charge < -0.3 is 21.0 Å². The maximum absolute atomic E-state index is 10.4. The van der Waals surface area contributed by atoms with E-state index in [1.807, 2.05) is 0 Å². The third kappa shape index (κ3) is 16.4. The van der Waals surface area contributed by atoms with E-state index in [2.05, 4.69) is 30.4 Å². The fourth-order valence-corrected chi connectivity index (χ4v) is 1.01. The van der Waals surface area contributed by atoms with Crippen molar-refractivity contribution in [2.24, 2.45) is 5.73 Å². The Balaban J connectivity index is -0.000000183. The van der Waals surface area contributed by atoms with Gasteiger partial charge in [0, 0.05) is 51.5 Å². The number of nitrogens with two attached hydrogens (primary N) is 1. The van der Waals surface area contributed by atoms with Gasteiger partial charge in [0.1, 0.15) is 0 Å². The molecule has 3 N–H and O–H groups in total. The van der Waals surface area contributed by atoms with Gasteiger partial charge in [0.05, 0.1) is 18.7 Å². The number of hydrogen-bond donors (Lipinski definition) is 2. The molecule has 21 heavy (non-hydrogen) atoms. The normalized spacial score (nSPS) is 7.19. The topological polar surface area (TPSA) is 156 Å².